The molecule has 12 heteroatoms. The van der Waals surface area contributed by atoms with Crippen molar-refractivity contribution in [3.05, 3.63) is 47.2 Å². The predicted molar refractivity (Wildman–Crippen MR) is 137 cm³/mol. The minimum Gasteiger partial charge on any atom is -0.481 e. The number of aromatic nitrogens is 3. The summed E-state index contributed by atoms with van der Waals surface area (Å²) >= 11 is 0. The van der Waals surface area contributed by atoms with Crippen LogP contribution < -0.4 is 16.8 Å². The van der Waals surface area contributed by atoms with E-state index in [-0.39, 0.29) is 24.9 Å². The molecular weight excluding hydrogens is 480 g/mol. The zero-order valence-electron chi connectivity index (χ0n) is 20.6. The number of carboxylic acid groups (broad SMARTS) is 2. The Bertz CT molecular complexity index is 1240. The highest BCUT2D eigenvalue weighted by Crippen LogP contribution is 2.25. The van der Waals surface area contributed by atoms with Gasteiger partial charge in [-0.1, -0.05) is 12.1 Å². The van der Waals surface area contributed by atoms with Gasteiger partial charge in [0, 0.05) is 31.2 Å². The maximum Gasteiger partial charge on any atom is 0.326 e. The lowest BCUT2D eigenvalue weighted by atomic mass is 10.0. The summed E-state index contributed by atoms with van der Waals surface area (Å²) < 4.78 is 5.95. The number of nitrogens with zero attached hydrogens (tertiary/aromatic N) is 2. The van der Waals surface area contributed by atoms with E-state index in [0.717, 1.165) is 35.8 Å². The van der Waals surface area contributed by atoms with Crippen LogP contribution in [0.15, 0.2) is 30.5 Å². The molecule has 2 atom stereocenters. The number of aryl methyl sites for hydroxylation is 1. The van der Waals surface area contributed by atoms with Crippen molar-refractivity contribution in [2.24, 2.45) is 0 Å². The number of ether oxygens (including phenoxy) is 1. The first-order valence-electron chi connectivity index (χ1n) is 12.0. The Labute approximate surface area is 213 Å². The molecule has 1 amide bonds. The summed E-state index contributed by atoms with van der Waals surface area (Å²) in [5.41, 5.74) is 14.6. The third kappa shape index (κ3) is 7.64. The quantitative estimate of drug-likeness (QED) is 0.185. The summed E-state index contributed by atoms with van der Waals surface area (Å²) in [5, 5.41) is 21.1. The van der Waals surface area contributed by atoms with Crippen LogP contribution in [0.25, 0.3) is 11.0 Å². The normalized spacial score (nSPS) is 12.8. The van der Waals surface area contributed by atoms with E-state index in [2.05, 4.69) is 20.3 Å². The number of rotatable bonds is 14. The van der Waals surface area contributed by atoms with Crippen LogP contribution in [0, 0.1) is 0 Å². The van der Waals surface area contributed by atoms with Gasteiger partial charge in [-0.15, -0.1) is 0 Å². The van der Waals surface area contributed by atoms with E-state index in [0.29, 0.717) is 30.1 Å². The molecule has 3 rings (SSSR count). The maximum atomic E-state index is 12.4. The van der Waals surface area contributed by atoms with Gasteiger partial charge >= 0.3 is 11.9 Å². The van der Waals surface area contributed by atoms with Gasteiger partial charge in [-0.3, -0.25) is 9.59 Å². The number of anilines is 2. The lowest BCUT2D eigenvalue weighted by Crippen LogP contribution is -2.41. The van der Waals surface area contributed by atoms with Crippen molar-refractivity contribution in [2.45, 2.75) is 57.6 Å². The Morgan fingerprint density at radius 1 is 1.11 bits per heavy atom. The molecule has 1 aromatic carbocycles. The number of hydrogen-bond acceptors (Lipinski definition) is 8. The van der Waals surface area contributed by atoms with Gasteiger partial charge in [-0.05, 0) is 55.9 Å². The van der Waals surface area contributed by atoms with Crippen molar-refractivity contribution < 1.29 is 29.3 Å². The highest BCUT2D eigenvalue weighted by Gasteiger charge is 2.22. The molecule has 0 aliphatic rings. The van der Waals surface area contributed by atoms with Gasteiger partial charge in [0.05, 0.1) is 11.5 Å². The van der Waals surface area contributed by atoms with Crippen LogP contribution in [-0.4, -0.2) is 61.8 Å². The number of amides is 1. The summed E-state index contributed by atoms with van der Waals surface area (Å²) in [6.07, 6.45) is 4.30. The van der Waals surface area contributed by atoms with Crippen molar-refractivity contribution in [3.63, 3.8) is 0 Å². The lowest BCUT2D eigenvalue weighted by Gasteiger charge is -2.17. The van der Waals surface area contributed by atoms with E-state index in [4.69, 9.17) is 21.3 Å². The smallest absolute Gasteiger partial charge is 0.326 e. The van der Waals surface area contributed by atoms with Crippen LogP contribution in [0.4, 0.5) is 11.8 Å². The zero-order chi connectivity index (χ0) is 26.9. The van der Waals surface area contributed by atoms with E-state index in [9.17, 15) is 19.5 Å². The fourth-order valence-electron chi connectivity index (χ4n) is 4.15. The van der Waals surface area contributed by atoms with E-state index >= 15 is 0 Å². The molecule has 2 heterocycles. The number of benzene rings is 1. The first kappa shape index (κ1) is 27.4. The molecule has 0 saturated heterocycles. The van der Waals surface area contributed by atoms with Gasteiger partial charge in [0.25, 0.3) is 5.91 Å². The molecule has 1 unspecified atom stereocenters. The molecule has 0 aliphatic carbocycles. The number of aromatic amines is 1. The molecule has 0 bridgehead atoms. The van der Waals surface area contributed by atoms with Crippen LogP contribution in [0.1, 0.15) is 54.1 Å². The van der Waals surface area contributed by atoms with Crippen molar-refractivity contribution in [1.29, 1.82) is 0 Å². The fraction of sp³-hybridized carbons (Fsp3) is 0.400. The second-order valence-corrected chi connectivity index (χ2v) is 8.67. The average Bonchev–Trinajstić information content (AvgIpc) is 3.24. The van der Waals surface area contributed by atoms with Crippen molar-refractivity contribution in [3.8, 4) is 0 Å². The number of carbonyl (C=O) groups excluding carboxylic acids is 1. The van der Waals surface area contributed by atoms with Gasteiger partial charge in [-0.2, -0.15) is 9.97 Å². The summed E-state index contributed by atoms with van der Waals surface area (Å²) in [4.78, 5) is 45.8. The minimum absolute atomic E-state index is 0.0373. The molecule has 0 spiro atoms. The molecule has 0 fully saturated rings. The number of carbonyl (C=O) groups is 3. The number of hydrogen-bond donors (Lipinski definition) is 6. The number of nitrogens with two attached hydrogens (primary N) is 2. The SMILES string of the molecule is CCOC(CCCc1ccc(C(=O)N[C@@H](CCC(=O)O)C(=O)O)cc1)Cc1c[nH]c2nc(N)nc(N)c12. The van der Waals surface area contributed by atoms with Gasteiger partial charge in [0.15, 0.2) is 0 Å². The number of nitrogens with one attached hydrogen (secondary N) is 2. The Balaban J connectivity index is 1.55. The Kier molecular flexibility index (Phi) is 9.39. The van der Waals surface area contributed by atoms with Gasteiger partial charge < -0.3 is 36.7 Å². The molecular formula is C25H32N6O6. The first-order valence-corrected chi connectivity index (χ1v) is 12.0. The molecule has 0 aliphatic heterocycles. The van der Waals surface area contributed by atoms with Crippen LogP contribution in [0.2, 0.25) is 0 Å². The Hall–Kier alpha value is -4.19. The van der Waals surface area contributed by atoms with E-state index < -0.39 is 23.9 Å². The molecule has 198 valence electrons. The predicted octanol–water partition coefficient (Wildman–Crippen LogP) is 2.14. The highest BCUT2D eigenvalue weighted by atomic mass is 16.5. The number of nitrogen functional groups attached to an aromatic ring is 2. The maximum absolute atomic E-state index is 12.4. The molecule has 12 nitrogen and oxygen atoms in total. The van der Waals surface area contributed by atoms with Crippen LogP contribution in [-0.2, 0) is 27.2 Å². The summed E-state index contributed by atoms with van der Waals surface area (Å²) in [6, 6.07) is 5.62. The molecule has 3 aromatic rings. The third-order valence-corrected chi connectivity index (χ3v) is 5.97. The van der Waals surface area contributed by atoms with Gasteiger partial charge in [-0.25, -0.2) is 4.79 Å². The number of H-pyrrole nitrogens is 1. The standard InChI is InChI=1S/C25H32N6O6/c1-2-37-17(12-16-13-28-22-20(16)21(26)30-25(27)31-22)5-3-4-14-6-8-15(9-7-14)23(34)29-18(24(35)36)10-11-19(32)33/h6-9,13,17-18H,2-5,10-12H2,1H3,(H,29,34)(H,32,33)(H,35,36)(H5,26,27,28,30,31)/t17?,18-/m0/s1. The summed E-state index contributed by atoms with van der Waals surface area (Å²) in [7, 11) is 0. The van der Waals surface area contributed by atoms with Crippen molar-refractivity contribution in [2.75, 3.05) is 18.1 Å². The first-order chi connectivity index (χ1) is 17.7. The number of carboxylic acids is 2. The van der Waals surface area contributed by atoms with Crippen molar-refractivity contribution in [1.82, 2.24) is 20.3 Å². The average molecular weight is 513 g/mol. The highest BCUT2D eigenvalue weighted by molar-refractivity contribution is 5.96. The minimum atomic E-state index is -1.28. The summed E-state index contributed by atoms with van der Waals surface area (Å²) in [6.45, 7) is 2.51. The molecule has 0 saturated carbocycles. The summed E-state index contributed by atoms with van der Waals surface area (Å²) in [5.74, 6) is -2.52. The third-order valence-electron chi connectivity index (χ3n) is 5.97. The van der Waals surface area contributed by atoms with Gasteiger partial charge in [0.1, 0.15) is 17.5 Å². The fourth-order valence-corrected chi connectivity index (χ4v) is 4.15. The van der Waals surface area contributed by atoms with E-state index in [1.165, 1.54) is 0 Å². The van der Waals surface area contributed by atoms with E-state index in [1.807, 2.05) is 25.3 Å². The number of fused-ring (bicyclic) bond motifs is 1. The molecule has 2 aromatic heterocycles. The van der Waals surface area contributed by atoms with E-state index in [1.54, 1.807) is 12.1 Å². The van der Waals surface area contributed by atoms with Gasteiger partial charge in [0.2, 0.25) is 5.95 Å². The van der Waals surface area contributed by atoms with Crippen molar-refractivity contribution >= 4 is 40.6 Å². The molecule has 8 N–H and O–H groups in total. The second kappa shape index (κ2) is 12.7. The molecule has 37 heavy (non-hydrogen) atoms. The van der Waals surface area contributed by atoms with Crippen LogP contribution >= 0.6 is 0 Å². The monoisotopic (exact) mass is 512 g/mol. The molecule has 0 radical (unpaired) electrons. The Morgan fingerprint density at radius 3 is 2.49 bits per heavy atom. The van der Waals surface area contributed by atoms with Crippen LogP contribution in [0.3, 0.4) is 0 Å². The largest absolute Gasteiger partial charge is 0.481 e. The lowest BCUT2D eigenvalue weighted by molar-refractivity contribution is -0.140. The zero-order valence-corrected chi connectivity index (χ0v) is 20.6. The number of aliphatic carboxylic acids is 2. The Morgan fingerprint density at radius 2 is 1.84 bits per heavy atom. The topological polar surface area (TPSA) is 207 Å². The van der Waals surface area contributed by atoms with Crippen LogP contribution in [0.5, 0.6) is 0 Å². The second-order valence-electron chi connectivity index (χ2n) is 8.67.